The Morgan fingerprint density at radius 2 is 1.81 bits per heavy atom. The minimum Gasteiger partial charge on any atom is -0.393 e. The van der Waals surface area contributed by atoms with E-state index in [0.29, 0.717) is 29.4 Å². The number of aliphatic hydroxyl groups excluding tert-OH is 1. The summed E-state index contributed by atoms with van der Waals surface area (Å²) in [6, 6.07) is 5.98. The van der Waals surface area contributed by atoms with E-state index in [4.69, 9.17) is 16.4 Å². The van der Waals surface area contributed by atoms with Gasteiger partial charge >= 0.3 is 0 Å². The summed E-state index contributed by atoms with van der Waals surface area (Å²) >= 11 is 6.88. The molecule has 7 heteroatoms. The van der Waals surface area contributed by atoms with Crippen LogP contribution in [-0.2, 0) is 0 Å². The maximum atomic E-state index is 10.8. The molecule has 5 rings (SSSR count). The van der Waals surface area contributed by atoms with Gasteiger partial charge in [-0.2, -0.15) is 0 Å². The number of nitro benzene ring substituents is 1. The van der Waals surface area contributed by atoms with E-state index in [1.54, 1.807) is 12.1 Å². The molecule has 4 aliphatic rings. The van der Waals surface area contributed by atoms with Crippen LogP contribution in [0.3, 0.4) is 0 Å². The first-order valence-electron chi connectivity index (χ1n) is 12.0. The normalized spacial score (nSPS) is 44.4. The van der Waals surface area contributed by atoms with Crippen LogP contribution >= 0.6 is 11.6 Å². The summed E-state index contributed by atoms with van der Waals surface area (Å²) in [6.45, 7) is 4.78. The number of hydrogen-bond acceptors (Lipinski definition) is 5. The van der Waals surface area contributed by atoms with Crippen molar-refractivity contribution in [2.75, 3.05) is 0 Å². The Morgan fingerprint density at radius 3 is 2.53 bits per heavy atom. The molecule has 0 saturated heterocycles. The monoisotopic (exact) mass is 460 g/mol. The molecule has 0 aromatic heterocycles. The van der Waals surface area contributed by atoms with E-state index >= 15 is 0 Å². The summed E-state index contributed by atoms with van der Waals surface area (Å²) in [5.74, 6) is 3.04. The van der Waals surface area contributed by atoms with Gasteiger partial charge in [-0.15, -0.1) is 11.6 Å². The van der Waals surface area contributed by atoms with Crippen molar-refractivity contribution in [3.05, 3.63) is 34.4 Å². The Bertz CT molecular complexity index is 921. The van der Waals surface area contributed by atoms with Gasteiger partial charge in [0.25, 0.3) is 5.69 Å². The number of halogens is 1. The third-order valence-electron chi connectivity index (χ3n) is 9.77. The second kappa shape index (κ2) is 7.98. The first-order valence-corrected chi connectivity index (χ1v) is 12.5. The first-order chi connectivity index (χ1) is 15.2. The summed E-state index contributed by atoms with van der Waals surface area (Å²) in [5.41, 5.74) is 1.23. The van der Waals surface area contributed by atoms with Gasteiger partial charge in [0, 0.05) is 12.1 Å². The summed E-state index contributed by atoms with van der Waals surface area (Å²) in [4.78, 5) is 16.0. The quantitative estimate of drug-likeness (QED) is 0.343. The van der Waals surface area contributed by atoms with Crippen LogP contribution in [0.5, 0.6) is 5.75 Å². The predicted molar refractivity (Wildman–Crippen MR) is 124 cm³/mol. The van der Waals surface area contributed by atoms with Gasteiger partial charge in [-0.1, -0.05) is 19.0 Å². The van der Waals surface area contributed by atoms with Crippen LogP contribution in [0.4, 0.5) is 5.69 Å². The smallest absolute Gasteiger partial charge is 0.269 e. The van der Waals surface area contributed by atoms with Crippen LogP contribution in [-0.4, -0.2) is 27.2 Å². The van der Waals surface area contributed by atoms with Gasteiger partial charge in [-0.05, 0) is 98.0 Å². The van der Waals surface area contributed by atoms with E-state index in [1.807, 2.05) is 0 Å². The number of benzene rings is 1. The average molecular weight is 461 g/mol. The van der Waals surface area contributed by atoms with E-state index in [2.05, 4.69) is 19.0 Å². The SMILES string of the molecule is C[C@]12C[C@@H](Cl)/C(=N\Oc3ccc([N+](=O)[O-])cc3)C[C@@H]1CC[C@@H]1[C@@H]2CC[C@]2(C)[C@@H](O)CC[C@@H]12. The van der Waals surface area contributed by atoms with Gasteiger partial charge < -0.3 is 9.94 Å². The molecule has 0 radical (unpaired) electrons. The molecule has 1 aromatic rings. The number of fused-ring (bicyclic) bond motifs is 5. The first kappa shape index (κ1) is 22.1. The highest BCUT2D eigenvalue weighted by atomic mass is 35.5. The molecule has 4 aliphatic carbocycles. The molecule has 0 heterocycles. The zero-order chi connectivity index (χ0) is 22.7. The Balaban J connectivity index is 1.31. The highest BCUT2D eigenvalue weighted by Gasteiger charge is 2.60. The van der Waals surface area contributed by atoms with Crippen LogP contribution in [0.15, 0.2) is 29.4 Å². The molecule has 0 aliphatic heterocycles. The van der Waals surface area contributed by atoms with Crippen LogP contribution in [0, 0.1) is 44.6 Å². The molecule has 1 N–H and O–H groups in total. The van der Waals surface area contributed by atoms with Crippen molar-refractivity contribution < 1.29 is 14.9 Å². The van der Waals surface area contributed by atoms with Gasteiger partial charge in [-0.25, -0.2) is 0 Å². The summed E-state index contributed by atoms with van der Waals surface area (Å²) in [5, 5.41) is 25.7. The number of oxime groups is 1. The fraction of sp³-hybridized carbons (Fsp3) is 0.720. The lowest BCUT2D eigenvalue weighted by molar-refractivity contribution is -0.384. The Labute approximate surface area is 194 Å². The largest absolute Gasteiger partial charge is 0.393 e. The fourth-order valence-corrected chi connectivity index (χ4v) is 8.34. The molecule has 0 spiro atoms. The zero-order valence-corrected chi connectivity index (χ0v) is 19.6. The second-order valence-corrected chi connectivity index (χ2v) is 11.6. The van der Waals surface area contributed by atoms with Crippen molar-refractivity contribution in [3.63, 3.8) is 0 Å². The molecule has 174 valence electrons. The van der Waals surface area contributed by atoms with E-state index in [9.17, 15) is 15.2 Å². The lowest BCUT2D eigenvalue weighted by Gasteiger charge is -2.60. The van der Waals surface area contributed by atoms with Crippen LogP contribution < -0.4 is 4.84 Å². The van der Waals surface area contributed by atoms with Gasteiger partial charge in [-0.3, -0.25) is 10.1 Å². The molecule has 6 nitrogen and oxygen atoms in total. The lowest BCUT2D eigenvalue weighted by Crippen LogP contribution is -2.55. The van der Waals surface area contributed by atoms with Gasteiger partial charge in [0.1, 0.15) is 0 Å². The number of aliphatic hydroxyl groups is 1. The molecular formula is C25H33ClN2O4. The molecule has 4 saturated carbocycles. The van der Waals surface area contributed by atoms with E-state index in [0.717, 1.165) is 31.4 Å². The number of nitro groups is 1. The van der Waals surface area contributed by atoms with Crippen molar-refractivity contribution in [1.82, 2.24) is 0 Å². The zero-order valence-electron chi connectivity index (χ0n) is 18.9. The Hall–Kier alpha value is -1.66. The Kier molecular flexibility index (Phi) is 5.52. The maximum Gasteiger partial charge on any atom is 0.269 e. The summed E-state index contributed by atoms with van der Waals surface area (Å²) in [6.07, 6.45) is 8.49. The average Bonchev–Trinajstić information content (AvgIpc) is 3.07. The van der Waals surface area contributed by atoms with Gasteiger partial charge in [0.15, 0.2) is 5.75 Å². The van der Waals surface area contributed by atoms with Crippen molar-refractivity contribution >= 4 is 23.0 Å². The molecule has 4 fully saturated rings. The van der Waals surface area contributed by atoms with E-state index < -0.39 is 4.92 Å². The number of rotatable bonds is 3. The number of hydrogen-bond donors (Lipinski definition) is 1. The highest BCUT2D eigenvalue weighted by molar-refractivity contribution is 6.32. The van der Waals surface area contributed by atoms with Crippen molar-refractivity contribution in [1.29, 1.82) is 0 Å². The topological polar surface area (TPSA) is 85.0 Å². The summed E-state index contributed by atoms with van der Waals surface area (Å²) in [7, 11) is 0. The number of non-ortho nitro benzene ring substituents is 1. The van der Waals surface area contributed by atoms with E-state index in [1.165, 1.54) is 37.8 Å². The lowest BCUT2D eigenvalue weighted by atomic mass is 9.45. The molecular weight excluding hydrogens is 428 g/mol. The molecule has 32 heavy (non-hydrogen) atoms. The third-order valence-corrected chi connectivity index (χ3v) is 10.2. The molecule has 8 atom stereocenters. The maximum absolute atomic E-state index is 10.8. The fourth-order valence-electron chi connectivity index (χ4n) is 7.88. The highest BCUT2D eigenvalue weighted by Crippen LogP contribution is 2.66. The van der Waals surface area contributed by atoms with Crippen molar-refractivity contribution in [2.24, 2.45) is 39.7 Å². The molecule has 0 unspecified atom stereocenters. The molecule has 1 aromatic carbocycles. The van der Waals surface area contributed by atoms with Gasteiger partial charge in [0.05, 0.1) is 22.1 Å². The molecule has 0 amide bonds. The van der Waals surface area contributed by atoms with Crippen LogP contribution in [0.2, 0.25) is 0 Å². The van der Waals surface area contributed by atoms with Gasteiger partial charge in [0.2, 0.25) is 0 Å². The Morgan fingerprint density at radius 1 is 1.09 bits per heavy atom. The predicted octanol–water partition coefficient (Wildman–Crippen LogP) is 5.95. The van der Waals surface area contributed by atoms with E-state index in [-0.39, 0.29) is 28.0 Å². The minimum absolute atomic E-state index is 0.0313. The number of nitrogens with zero attached hydrogens (tertiary/aromatic N) is 2. The standard InChI is InChI=1S/C25H33ClN2O4/c1-24-12-11-20-18(19(24)9-10-23(24)29)8-3-15-13-22(21(26)14-25(15,20)2)27-32-17-6-4-16(5-7-17)28(30)31/h4-7,15,18-21,23,29H,3,8-14H2,1-2H3/b27-22-/t15-,18-,19-,20-,21+,23-,24-,25-/m0/s1. The van der Waals surface area contributed by atoms with Crippen LogP contribution in [0.25, 0.3) is 0 Å². The number of alkyl halides is 1. The van der Waals surface area contributed by atoms with Crippen molar-refractivity contribution in [3.8, 4) is 5.75 Å². The van der Waals surface area contributed by atoms with Crippen LogP contribution in [0.1, 0.15) is 65.2 Å². The summed E-state index contributed by atoms with van der Waals surface area (Å²) < 4.78 is 0. The second-order valence-electron chi connectivity index (χ2n) is 11.1. The third kappa shape index (κ3) is 3.45. The minimum atomic E-state index is -0.428. The molecule has 0 bridgehead atoms. The van der Waals surface area contributed by atoms with Crippen molar-refractivity contribution in [2.45, 2.75) is 76.7 Å².